The van der Waals surface area contributed by atoms with Crippen LogP contribution in [0, 0.1) is 17.6 Å². The minimum atomic E-state index is -0.838. The van der Waals surface area contributed by atoms with E-state index in [4.69, 9.17) is 4.74 Å². The first-order chi connectivity index (χ1) is 9.02. The molecule has 0 saturated carbocycles. The van der Waals surface area contributed by atoms with Crippen LogP contribution >= 0.6 is 15.9 Å². The van der Waals surface area contributed by atoms with Crippen molar-refractivity contribution < 1.29 is 13.5 Å². The molecule has 0 heterocycles. The van der Waals surface area contributed by atoms with E-state index in [0.29, 0.717) is 6.61 Å². The van der Waals surface area contributed by atoms with Gasteiger partial charge in [-0.15, -0.1) is 0 Å². The van der Waals surface area contributed by atoms with Gasteiger partial charge in [-0.25, -0.2) is 8.78 Å². The average Bonchev–Trinajstić information content (AvgIpc) is 2.40. The van der Waals surface area contributed by atoms with E-state index in [-0.39, 0.29) is 16.4 Å². The van der Waals surface area contributed by atoms with Crippen molar-refractivity contribution in [2.24, 2.45) is 5.92 Å². The van der Waals surface area contributed by atoms with Crippen molar-refractivity contribution in [1.29, 1.82) is 0 Å². The first-order valence-electron chi connectivity index (χ1n) is 6.38. The van der Waals surface area contributed by atoms with E-state index in [0.717, 1.165) is 18.5 Å². The molecule has 0 amide bonds. The molecule has 0 aliphatic carbocycles. The van der Waals surface area contributed by atoms with Gasteiger partial charge in [0.1, 0.15) is 0 Å². The normalized spacial score (nSPS) is 14.4. The monoisotopic (exact) mass is 335 g/mol. The van der Waals surface area contributed by atoms with E-state index < -0.39 is 11.6 Å². The summed E-state index contributed by atoms with van der Waals surface area (Å²) in [6.07, 6.45) is 0.847. The lowest BCUT2D eigenvalue weighted by molar-refractivity contribution is 0.170. The molecule has 0 bridgehead atoms. The van der Waals surface area contributed by atoms with Gasteiger partial charge in [0.2, 0.25) is 0 Å². The van der Waals surface area contributed by atoms with Crippen LogP contribution in [0.5, 0.6) is 0 Å². The van der Waals surface area contributed by atoms with Crippen LogP contribution in [0.3, 0.4) is 0 Å². The fraction of sp³-hybridized carbons (Fsp3) is 0.571. The molecule has 5 heteroatoms. The maximum absolute atomic E-state index is 13.6. The summed E-state index contributed by atoms with van der Waals surface area (Å²) in [5.41, 5.74) is 0.740. The van der Waals surface area contributed by atoms with Crippen LogP contribution in [0.4, 0.5) is 8.78 Å². The maximum Gasteiger partial charge on any atom is 0.173 e. The molecule has 1 aromatic carbocycles. The molecule has 0 aliphatic rings. The summed E-state index contributed by atoms with van der Waals surface area (Å²) >= 11 is 3.15. The molecule has 1 aromatic rings. The zero-order valence-corrected chi connectivity index (χ0v) is 13.1. The smallest absolute Gasteiger partial charge is 0.173 e. The highest BCUT2D eigenvalue weighted by Gasteiger charge is 2.23. The molecular formula is C14H20BrF2NO. The highest BCUT2D eigenvalue weighted by atomic mass is 79.9. The summed E-state index contributed by atoms with van der Waals surface area (Å²) in [4.78, 5) is 0. The van der Waals surface area contributed by atoms with Crippen molar-refractivity contribution in [2.45, 2.75) is 26.3 Å². The first kappa shape index (κ1) is 16.5. The summed E-state index contributed by atoms with van der Waals surface area (Å²) in [6.45, 7) is 5.46. The zero-order chi connectivity index (χ0) is 14.4. The van der Waals surface area contributed by atoms with E-state index in [1.807, 2.05) is 6.92 Å². The SMILES string of the molecule is CCNC(c1ccc(F)c(F)c1Br)C(C)CCOC. The molecule has 2 unspecified atom stereocenters. The van der Waals surface area contributed by atoms with Crippen LogP contribution in [0.25, 0.3) is 0 Å². The molecule has 0 fully saturated rings. The van der Waals surface area contributed by atoms with Gasteiger partial charge in [-0.2, -0.15) is 0 Å². The number of methoxy groups -OCH3 is 1. The molecule has 0 spiro atoms. The molecule has 0 saturated heterocycles. The molecule has 0 radical (unpaired) electrons. The quantitative estimate of drug-likeness (QED) is 0.759. The van der Waals surface area contributed by atoms with Gasteiger partial charge in [0.15, 0.2) is 11.6 Å². The van der Waals surface area contributed by atoms with Crippen LogP contribution < -0.4 is 5.32 Å². The van der Waals surface area contributed by atoms with Crippen molar-refractivity contribution in [3.63, 3.8) is 0 Å². The van der Waals surface area contributed by atoms with Crippen LogP contribution in [0.2, 0.25) is 0 Å². The summed E-state index contributed by atoms with van der Waals surface area (Å²) in [5, 5.41) is 3.32. The predicted octanol–water partition coefficient (Wildman–Crippen LogP) is 4.05. The van der Waals surface area contributed by atoms with Crippen molar-refractivity contribution in [2.75, 3.05) is 20.3 Å². The zero-order valence-electron chi connectivity index (χ0n) is 11.5. The summed E-state index contributed by atoms with van der Waals surface area (Å²) in [5.74, 6) is -1.42. The van der Waals surface area contributed by atoms with Crippen molar-refractivity contribution in [1.82, 2.24) is 5.32 Å². The standard InChI is InChI=1S/C14H20BrF2NO/c1-4-18-14(9(2)7-8-19-3)10-5-6-11(16)13(17)12(10)15/h5-6,9,14,18H,4,7-8H2,1-3H3. The Hall–Kier alpha value is -0.520. The number of nitrogens with one attached hydrogen (secondary N) is 1. The number of halogens is 3. The minimum Gasteiger partial charge on any atom is -0.385 e. The van der Waals surface area contributed by atoms with Gasteiger partial charge in [0.25, 0.3) is 0 Å². The fourth-order valence-electron chi connectivity index (χ4n) is 2.09. The molecule has 0 aromatic heterocycles. The Morgan fingerprint density at radius 2 is 2.05 bits per heavy atom. The molecular weight excluding hydrogens is 316 g/mol. The van der Waals surface area contributed by atoms with Gasteiger partial charge < -0.3 is 10.1 Å². The Balaban J connectivity index is 3.01. The lowest BCUT2D eigenvalue weighted by Crippen LogP contribution is -2.28. The number of benzene rings is 1. The fourth-order valence-corrected chi connectivity index (χ4v) is 2.66. The second-order valence-electron chi connectivity index (χ2n) is 4.56. The Morgan fingerprint density at radius 3 is 2.63 bits per heavy atom. The van der Waals surface area contributed by atoms with E-state index in [1.165, 1.54) is 6.07 Å². The molecule has 1 N–H and O–H groups in total. The van der Waals surface area contributed by atoms with Crippen molar-refractivity contribution in [3.05, 3.63) is 33.8 Å². The van der Waals surface area contributed by atoms with Crippen molar-refractivity contribution in [3.8, 4) is 0 Å². The van der Waals surface area contributed by atoms with Crippen molar-refractivity contribution >= 4 is 15.9 Å². The van der Waals surface area contributed by atoms with Gasteiger partial charge in [-0.3, -0.25) is 0 Å². The Bertz CT molecular complexity index is 415. The summed E-state index contributed by atoms with van der Waals surface area (Å²) < 4.78 is 32.1. The molecule has 1 rings (SSSR count). The Labute approximate surface area is 121 Å². The Morgan fingerprint density at radius 1 is 1.37 bits per heavy atom. The Kier molecular flexibility index (Phi) is 6.89. The summed E-state index contributed by atoms with van der Waals surface area (Å²) in [7, 11) is 1.66. The highest BCUT2D eigenvalue weighted by molar-refractivity contribution is 9.10. The van der Waals surface area contributed by atoms with Crippen LogP contribution in [0.1, 0.15) is 31.9 Å². The average molecular weight is 336 g/mol. The summed E-state index contributed by atoms with van der Waals surface area (Å²) in [6, 6.07) is 2.76. The van der Waals surface area contributed by atoms with Gasteiger partial charge in [0, 0.05) is 19.8 Å². The van der Waals surface area contributed by atoms with Crippen LogP contribution in [-0.4, -0.2) is 20.3 Å². The second kappa shape index (κ2) is 7.92. The largest absolute Gasteiger partial charge is 0.385 e. The lowest BCUT2D eigenvalue weighted by Gasteiger charge is -2.26. The number of ether oxygens (including phenoxy) is 1. The predicted molar refractivity (Wildman–Crippen MR) is 76.1 cm³/mol. The van der Waals surface area contributed by atoms with Gasteiger partial charge >= 0.3 is 0 Å². The lowest BCUT2D eigenvalue weighted by atomic mass is 9.92. The molecule has 0 aliphatic heterocycles. The topological polar surface area (TPSA) is 21.3 Å². The maximum atomic E-state index is 13.6. The molecule has 108 valence electrons. The third-order valence-electron chi connectivity index (χ3n) is 3.17. The third kappa shape index (κ3) is 4.23. The third-order valence-corrected chi connectivity index (χ3v) is 3.98. The minimum absolute atomic E-state index is 0.0374. The van der Waals surface area contributed by atoms with Gasteiger partial charge in [-0.05, 0) is 46.4 Å². The number of hydrogen-bond acceptors (Lipinski definition) is 2. The second-order valence-corrected chi connectivity index (χ2v) is 5.35. The van der Waals surface area contributed by atoms with Crippen LogP contribution in [0.15, 0.2) is 16.6 Å². The van der Waals surface area contributed by atoms with E-state index in [9.17, 15) is 8.78 Å². The molecule has 19 heavy (non-hydrogen) atoms. The number of hydrogen-bond donors (Lipinski definition) is 1. The number of rotatable bonds is 7. The van der Waals surface area contributed by atoms with Gasteiger partial charge in [0.05, 0.1) is 4.47 Å². The van der Waals surface area contributed by atoms with E-state index in [1.54, 1.807) is 13.2 Å². The molecule has 2 nitrogen and oxygen atoms in total. The highest BCUT2D eigenvalue weighted by Crippen LogP contribution is 2.32. The first-order valence-corrected chi connectivity index (χ1v) is 7.17. The van der Waals surface area contributed by atoms with E-state index in [2.05, 4.69) is 28.2 Å². The van der Waals surface area contributed by atoms with Crippen LogP contribution in [-0.2, 0) is 4.74 Å². The molecule has 2 atom stereocenters. The van der Waals surface area contributed by atoms with E-state index >= 15 is 0 Å². The van der Waals surface area contributed by atoms with Gasteiger partial charge in [-0.1, -0.05) is 19.9 Å².